The molecule has 2 aromatic rings. The van der Waals surface area contributed by atoms with Crippen LogP contribution < -0.4 is 5.32 Å². The fourth-order valence-corrected chi connectivity index (χ4v) is 4.70. The number of nitrogens with zero attached hydrogens (tertiary/aromatic N) is 2. The molecule has 1 N–H and O–H groups in total. The van der Waals surface area contributed by atoms with E-state index in [0.717, 1.165) is 21.9 Å². The van der Waals surface area contributed by atoms with E-state index in [2.05, 4.69) is 5.32 Å². The molecule has 0 aromatic heterocycles. The van der Waals surface area contributed by atoms with Crippen LogP contribution >= 0.6 is 0 Å². The first-order valence-electron chi connectivity index (χ1n) is 9.49. The molecule has 0 radical (unpaired) electrons. The fourth-order valence-electron chi connectivity index (χ4n) is 3.59. The molecule has 1 aliphatic rings. The molecule has 0 saturated carbocycles. The molecule has 0 spiro atoms. The lowest BCUT2D eigenvalue weighted by atomic mass is 9.93. The number of hydrogen-bond donors (Lipinski definition) is 1. The summed E-state index contributed by atoms with van der Waals surface area (Å²) in [6.45, 7) is 2.96. The van der Waals surface area contributed by atoms with Crippen molar-refractivity contribution < 1.29 is 17.6 Å². The number of sulfonamides is 1. The van der Waals surface area contributed by atoms with E-state index < -0.39 is 10.0 Å². The van der Waals surface area contributed by atoms with Crippen LogP contribution in [0.4, 0.5) is 4.39 Å². The Morgan fingerprint density at radius 1 is 1.24 bits per heavy atom. The minimum Gasteiger partial charge on any atom is -0.351 e. The van der Waals surface area contributed by atoms with Crippen LogP contribution in [-0.2, 0) is 27.8 Å². The van der Waals surface area contributed by atoms with Crippen molar-refractivity contribution in [1.82, 2.24) is 14.5 Å². The molecule has 1 aliphatic heterocycles. The van der Waals surface area contributed by atoms with Gasteiger partial charge in [0.05, 0.1) is 11.4 Å². The lowest BCUT2D eigenvalue weighted by Gasteiger charge is -2.34. The van der Waals surface area contributed by atoms with Crippen molar-refractivity contribution >= 4 is 15.9 Å². The summed E-state index contributed by atoms with van der Waals surface area (Å²) in [5, 5.41) is 2.82. The zero-order chi connectivity index (χ0) is 21.2. The fraction of sp³-hybridized carbons (Fsp3) is 0.381. The molecule has 1 amide bonds. The van der Waals surface area contributed by atoms with Gasteiger partial charge in [-0.3, -0.25) is 9.69 Å². The Labute approximate surface area is 171 Å². The third-order valence-electron chi connectivity index (χ3n) is 5.33. The van der Waals surface area contributed by atoms with E-state index in [1.807, 2.05) is 11.8 Å². The summed E-state index contributed by atoms with van der Waals surface area (Å²) in [6.07, 6.45) is 0.761. The molecule has 6 nitrogen and oxygen atoms in total. The molecule has 0 fully saturated rings. The quantitative estimate of drug-likeness (QED) is 0.780. The van der Waals surface area contributed by atoms with Gasteiger partial charge in [-0.05, 0) is 48.2 Å². The van der Waals surface area contributed by atoms with Gasteiger partial charge < -0.3 is 5.32 Å². The molecule has 1 atom stereocenters. The first-order valence-corrected chi connectivity index (χ1v) is 10.9. The van der Waals surface area contributed by atoms with E-state index >= 15 is 0 Å². The smallest absolute Gasteiger partial charge is 0.242 e. The predicted octanol–water partition coefficient (Wildman–Crippen LogP) is 2.31. The second-order valence-electron chi connectivity index (χ2n) is 7.41. The molecule has 0 bridgehead atoms. The average molecular weight is 420 g/mol. The van der Waals surface area contributed by atoms with Gasteiger partial charge in [-0.15, -0.1) is 0 Å². The van der Waals surface area contributed by atoms with Crippen molar-refractivity contribution in [3.63, 3.8) is 0 Å². The molecular formula is C21H26FN3O3S. The maximum Gasteiger partial charge on any atom is 0.242 e. The number of fused-ring (bicyclic) bond motifs is 1. The number of carbonyl (C=O) groups is 1. The van der Waals surface area contributed by atoms with E-state index in [9.17, 15) is 17.6 Å². The summed E-state index contributed by atoms with van der Waals surface area (Å²) in [4.78, 5) is 14.7. The van der Waals surface area contributed by atoms with E-state index in [1.54, 1.807) is 24.3 Å². The molecule has 0 aliphatic carbocycles. The van der Waals surface area contributed by atoms with Crippen LogP contribution in [0.15, 0.2) is 47.4 Å². The highest BCUT2D eigenvalue weighted by Crippen LogP contribution is 2.29. The van der Waals surface area contributed by atoms with Gasteiger partial charge in [-0.2, -0.15) is 0 Å². The topological polar surface area (TPSA) is 69.7 Å². The molecular weight excluding hydrogens is 393 g/mol. The number of amides is 1. The molecule has 8 heteroatoms. The molecule has 2 aromatic carbocycles. The Morgan fingerprint density at radius 3 is 2.69 bits per heavy atom. The zero-order valence-electron chi connectivity index (χ0n) is 16.9. The summed E-state index contributed by atoms with van der Waals surface area (Å²) >= 11 is 0. The Kier molecular flexibility index (Phi) is 6.36. The summed E-state index contributed by atoms with van der Waals surface area (Å²) in [5.74, 6) is -0.477. The van der Waals surface area contributed by atoms with E-state index in [0.29, 0.717) is 12.1 Å². The summed E-state index contributed by atoms with van der Waals surface area (Å²) in [7, 11) is -0.642. The van der Waals surface area contributed by atoms with Crippen molar-refractivity contribution in [2.75, 3.05) is 27.2 Å². The van der Waals surface area contributed by atoms with Gasteiger partial charge >= 0.3 is 0 Å². The van der Waals surface area contributed by atoms with Gasteiger partial charge in [-0.25, -0.2) is 17.1 Å². The lowest BCUT2D eigenvalue weighted by Crippen LogP contribution is -2.41. The van der Waals surface area contributed by atoms with Crippen molar-refractivity contribution in [3.8, 4) is 0 Å². The van der Waals surface area contributed by atoms with Crippen molar-refractivity contribution in [3.05, 3.63) is 65.0 Å². The zero-order valence-corrected chi connectivity index (χ0v) is 17.7. The molecule has 156 valence electrons. The van der Waals surface area contributed by atoms with Crippen LogP contribution in [0.25, 0.3) is 0 Å². The standard InChI is InChI=1S/C21H26FN3O3S/c1-15-19-12-18(22)9-8-16(19)10-11-25(15)14-21(26)23-13-17-6-4-5-7-20(17)29(27,28)24(2)3/h4-9,12,15H,10-11,13-14H2,1-3H3,(H,23,26). The van der Waals surface area contributed by atoms with E-state index in [4.69, 9.17) is 0 Å². The lowest BCUT2D eigenvalue weighted by molar-refractivity contribution is -0.123. The third kappa shape index (κ3) is 4.66. The second kappa shape index (κ2) is 8.61. The van der Waals surface area contributed by atoms with Crippen LogP contribution in [0.5, 0.6) is 0 Å². The molecule has 3 rings (SSSR count). The van der Waals surface area contributed by atoms with Crippen molar-refractivity contribution in [2.45, 2.75) is 30.8 Å². The molecule has 0 saturated heterocycles. The Morgan fingerprint density at radius 2 is 1.97 bits per heavy atom. The number of halogens is 1. The molecule has 29 heavy (non-hydrogen) atoms. The van der Waals surface area contributed by atoms with Gasteiger partial charge in [0.15, 0.2) is 0 Å². The van der Waals surface area contributed by atoms with E-state index in [1.165, 1.54) is 32.3 Å². The van der Waals surface area contributed by atoms with Gasteiger partial charge in [0.1, 0.15) is 5.82 Å². The van der Waals surface area contributed by atoms with Gasteiger partial charge in [0.2, 0.25) is 15.9 Å². The maximum atomic E-state index is 13.6. The van der Waals surface area contributed by atoms with Crippen LogP contribution in [0.1, 0.15) is 29.7 Å². The highest BCUT2D eigenvalue weighted by Gasteiger charge is 2.26. The minimum atomic E-state index is -3.59. The van der Waals surface area contributed by atoms with Crippen LogP contribution in [-0.4, -0.2) is 50.7 Å². The number of benzene rings is 2. The van der Waals surface area contributed by atoms with Crippen molar-refractivity contribution in [2.24, 2.45) is 0 Å². The predicted molar refractivity (Wildman–Crippen MR) is 109 cm³/mol. The van der Waals surface area contributed by atoms with Crippen LogP contribution in [0.2, 0.25) is 0 Å². The average Bonchev–Trinajstić information content (AvgIpc) is 2.69. The number of carbonyl (C=O) groups excluding carboxylic acids is 1. The highest BCUT2D eigenvalue weighted by atomic mass is 32.2. The van der Waals surface area contributed by atoms with Gasteiger partial charge in [-0.1, -0.05) is 24.3 Å². The first kappa shape index (κ1) is 21.4. The van der Waals surface area contributed by atoms with E-state index in [-0.39, 0.29) is 35.8 Å². The monoisotopic (exact) mass is 419 g/mol. The summed E-state index contributed by atoms with van der Waals surface area (Å²) < 4.78 is 39.7. The van der Waals surface area contributed by atoms with Crippen molar-refractivity contribution in [1.29, 1.82) is 0 Å². The second-order valence-corrected chi connectivity index (χ2v) is 9.53. The highest BCUT2D eigenvalue weighted by molar-refractivity contribution is 7.89. The normalized spacial score (nSPS) is 17.2. The first-order chi connectivity index (χ1) is 13.7. The number of rotatable bonds is 6. The summed E-state index contributed by atoms with van der Waals surface area (Å²) in [6, 6.07) is 11.4. The minimum absolute atomic E-state index is 0.0680. The third-order valence-corrected chi connectivity index (χ3v) is 7.24. The Bertz CT molecular complexity index is 1010. The SMILES string of the molecule is CC1c2cc(F)ccc2CCN1CC(=O)NCc1ccccc1S(=O)(=O)N(C)C. The maximum absolute atomic E-state index is 13.6. The van der Waals surface area contributed by atoms with Gasteiger partial charge in [0.25, 0.3) is 0 Å². The Hall–Kier alpha value is -2.29. The molecule has 1 heterocycles. The van der Waals surface area contributed by atoms with Gasteiger partial charge in [0, 0.05) is 33.2 Å². The number of hydrogen-bond acceptors (Lipinski definition) is 4. The Balaban J connectivity index is 1.66. The number of nitrogens with one attached hydrogen (secondary N) is 1. The molecule has 1 unspecified atom stereocenters. The van der Waals surface area contributed by atoms with Crippen LogP contribution in [0.3, 0.4) is 0 Å². The largest absolute Gasteiger partial charge is 0.351 e. The summed E-state index contributed by atoms with van der Waals surface area (Å²) in [5.41, 5.74) is 2.55. The van der Waals surface area contributed by atoms with Crippen LogP contribution in [0, 0.1) is 5.82 Å².